The molecule has 0 bridgehead atoms. The molecular formula is C16H21NO. The molecule has 1 heterocycles. The number of benzene rings is 1. The molecule has 2 nitrogen and oxygen atoms in total. The van der Waals surface area contributed by atoms with Gasteiger partial charge in [0.1, 0.15) is 6.10 Å². The zero-order valence-electron chi connectivity index (χ0n) is 10.8. The summed E-state index contributed by atoms with van der Waals surface area (Å²) in [6, 6.07) is 6.66. The van der Waals surface area contributed by atoms with Gasteiger partial charge in [0.05, 0.1) is 12.8 Å². The Bertz CT molecular complexity index is 439. The van der Waals surface area contributed by atoms with Gasteiger partial charge in [-0.3, -0.25) is 0 Å². The number of rotatable bonds is 3. The smallest absolute Gasteiger partial charge is 0.115 e. The van der Waals surface area contributed by atoms with Crippen molar-refractivity contribution in [3.05, 3.63) is 41.7 Å². The zero-order valence-corrected chi connectivity index (χ0v) is 10.8. The molecule has 96 valence electrons. The molecule has 0 radical (unpaired) electrons. The monoisotopic (exact) mass is 243 g/mol. The molecule has 2 aliphatic rings. The number of aryl methyl sites for hydroxylation is 1. The van der Waals surface area contributed by atoms with Crippen LogP contribution in [0.1, 0.15) is 36.8 Å². The molecule has 0 saturated carbocycles. The maximum Gasteiger partial charge on any atom is 0.115 e. The van der Waals surface area contributed by atoms with Crippen molar-refractivity contribution >= 4 is 5.69 Å². The molecule has 1 aliphatic carbocycles. The fourth-order valence-corrected chi connectivity index (χ4v) is 2.91. The summed E-state index contributed by atoms with van der Waals surface area (Å²) in [5.41, 5.74) is 4.40. The van der Waals surface area contributed by atoms with Crippen LogP contribution in [0.5, 0.6) is 0 Å². The van der Waals surface area contributed by atoms with Crippen LogP contribution < -0.4 is 5.32 Å². The Morgan fingerprint density at radius 3 is 3.06 bits per heavy atom. The van der Waals surface area contributed by atoms with Gasteiger partial charge in [0.25, 0.3) is 0 Å². The van der Waals surface area contributed by atoms with Crippen molar-refractivity contribution in [3.8, 4) is 0 Å². The van der Waals surface area contributed by atoms with E-state index in [1.807, 2.05) is 6.26 Å². The molecule has 1 N–H and O–H groups in total. The lowest BCUT2D eigenvalue weighted by atomic mass is 9.90. The summed E-state index contributed by atoms with van der Waals surface area (Å²) in [6.07, 6.45) is 11.7. The van der Waals surface area contributed by atoms with Crippen LogP contribution in [0.2, 0.25) is 0 Å². The van der Waals surface area contributed by atoms with Gasteiger partial charge in [0, 0.05) is 5.69 Å². The highest BCUT2D eigenvalue weighted by Crippen LogP contribution is 2.28. The number of ether oxygens (including phenoxy) is 1. The van der Waals surface area contributed by atoms with Gasteiger partial charge in [-0.05, 0) is 61.8 Å². The average molecular weight is 243 g/mol. The normalized spacial score (nSPS) is 22.1. The molecule has 1 atom stereocenters. The zero-order chi connectivity index (χ0) is 12.2. The average Bonchev–Trinajstić information content (AvgIpc) is 2.46. The first-order valence-corrected chi connectivity index (χ1v) is 7.08. The predicted molar refractivity (Wildman–Crippen MR) is 74.8 cm³/mol. The standard InChI is InChI=1S/C16H21NO/c1-2-9-15-13(6-1)7-5-10-16(15)17-12-14-8-3-4-11-18-14/h4-5,7,10-11,14,17H,1-3,6,8-9,12H2. The van der Waals surface area contributed by atoms with Gasteiger partial charge in [0.2, 0.25) is 0 Å². The molecule has 3 rings (SSSR count). The number of fused-ring (bicyclic) bond motifs is 1. The van der Waals surface area contributed by atoms with E-state index >= 15 is 0 Å². The fraction of sp³-hybridized carbons (Fsp3) is 0.500. The molecular weight excluding hydrogens is 222 g/mol. The molecule has 0 amide bonds. The van der Waals surface area contributed by atoms with Crippen molar-refractivity contribution in [1.82, 2.24) is 0 Å². The second kappa shape index (κ2) is 5.47. The summed E-state index contributed by atoms with van der Waals surface area (Å²) < 4.78 is 5.60. The van der Waals surface area contributed by atoms with Crippen LogP contribution in [0.3, 0.4) is 0 Å². The van der Waals surface area contributed by atoms with E-state index in [0.717, 1.165) is 19.4 Å². The molecule has 1 unspecified atom stereocenters. The Kier molecular flexibility index (Phi) is 3.54. The Hall–Kier alpha value is -1.44. The summed E-state index contributed by atoms with van der Waals surface area (Å²) in [5, 5.41) is 3.58. The first kappa shape index (κ1) is 11.6. The molecule has 1 aromatic carbocycles. The third-order valence-electron chi connectivity index (χ3n) is 3.94. The van der Waals surface area contributed by atoms with Crippen LogP contribution in [0.4, 0.5) is 5.69 Å². The summed E-state index contributed by atoms with van der Waals surface area (Å²) in [5.74, 6) is 0. The predicted octanol–water partition coefficient (Wildman–Crippen LogP) is 3.67. The first-order valence-electron chi connectivity index (χ1n) is 7.08. The molecule has 0 saturated heterocycles. The summed E-state index contributed by atoms with van der Waals surface area (Å²) in [7, 11) is 0. The Morgan fingerprint density at radius 1 is 1.22 bits per heavy atom. The van der Waals surface area contributed by atoms with Gasteiger partial charge in [0.15, 0.2) is 0 Å². The number of nitrogens with one attached hydrogen (secondary N) is 1. The minimum atomic E-state index is 0.328. The maximum atomic E-state index is 5.60. The van der Waals surface area contributed by atoms with Gasteiger partial charge in [-0.25, -0.2) is 0 Å². The Labute approximate surface area is 109 Å². The van der Waals surface area contributed by atoms with Crippen molar-refractivity contribution in [2.75, 3.05) is 11.9 Å². The van der Waals surface area contributed by atoms with E-state index in [1.54, 1.807) is 0 Å². The van der Waals surface area contributed by atoms with Crippen LogP contribution in [0.25, 0.3) is 0 Å². The van der Waals surface area contributed by atoms with Crippen LogP contribution in [0.15, 0.2) is 30.5 Å². The molecule has 2 heteroatoms. The van der Waals surface area contributed by atoms with Crippen LogP contribution in [-0.4, -0.2) is 12.6 Å². The Morgan fingerprint density at radius 2 is 2.17 bits per heavy atom. The third kappa shape index (κ3) is 2.53. The minimum absolute atomic E-state index is 0.328. The lowest BCUT2D eigenvalue weighted by Crippen LogP contribution is -2.23. The SMILES string of the molecule is C1=COC(CNc2cccc3c2CCCC3)CC1. The third-order valence-corrected chi connectivity index (χ3v) is 3.94. The quantitative estimate of drug-likeness (QED) is 0.874. The van der Waals surface area contributed by atoms with E-state index in [0.29, 0.717) is 6.10 Å². The molecule has 0 aromatic heterocycles. The van der Waals surface area contributed by atoms with Gasteiger partial charge in [-0.2, -0.15) is 0 Å². The van der Waals surface area contributed by atoms with Crippen LogP contribution in [0, 0.1) is 0 Å². The van der Waals surface area contributed by atoms with E-state index < -0.39 is 0 Å². The number of anilines is 1. The summed E-state index contributed by atoms with van der Waals surface area (Å²) in [6.45, 7) is 0.917. The lowest BCUT2D eigenvalue weighted by Gasteiger charge is -2.23. The van der Waals surface area contributed by atoms with Gasteiger partial charge in [-0.1, -0.05) is 12.1 Å². The molecule has 1 aliphatic heterocycles. The first-order chi connectivity index (χ1) is 8.93. The minimum Gasteiger partial charge on any atom is -0.497 e. The second-order valence-electron chi connectivity index (χ2n) is 5.24. The maximum absolute atomic E-state index is 5.60. The number of hydrogen-bond acceptors (Lipinski definition) is 2. The topological polar surface area (TPSA) is 21.3 Å². The Balaban J connectivity index is 1.67. The van der Waals surface area contributed by atoms with Crippen molar-refractivity contribution in [1.29, 1.82) is 0 Å². The van der Waals surface area contributed by atoms with E-state index in [1.165, 1.54) is 42.5 Å². The largest absolute Gasteiger partial charge is 0.497 e. The number of allylic oxidation sites excluding steroid dienone is 1. The van der Waals surface area contributed by atoms with Gasteiger partial charge >= 0.3 is 0 Å². The summed E-state index contributed by atoms with van der Waals surface area (Å²) in [4.78, 5) is 0. The molecule has 0 spiro atoms. The highest BCUT2D eigenvalue weighted by Gasteiger charge is 2.15. The van der Waals surface area contributed by atoms with E-state index in [-0.39, 0.29) is 0 Å². The van der Waals surface area contributed by atoms with Gasteiger partial charge < -0.3 is 10.1 Å². The molecule has 0 fully saturated rings. The van der Waals surface area contributed by atoms with E-state index in [4.69, 9.17) is 4.74 Å². The highest BCUT2D eigenvalue weighted by atomic mass is 16.5. The second-order valence-corrected chi connectivity index (χ2v) is 5.24. The van der Waals surface area contributed by atoms with E-state index in [9.17, 15) is 0 Å². The van der Waals surface area contributed by atoms with Crippen molar-refractivity contribution in [2.24, 2.45) is 0 Å². The summed E-state index contributed by atoms with van der Waals surface area (Å²) >= 11 is 0. The van der Waals surface area contributed by atoms with Crippen LogP contribution >= 0.6 is 0 Å². The van der Waals surface area contributed by atoms with E-state index in [2.05, 4.69) is 29.6 Å². The van der Waals surface area contributed by atoms with Crippen molar-refractivity contribution in [2.45, 2.75) is 44.6 Å². The molecule has 1 aromatic rings. The van der Waals surface area contributed by atoms with Crippen molar-refractivity contribution < 1.29 is 4.74 Å². The molecule has 18 heavy (non-hydrogen) atoms. The number of hydrogen-bond donors (Lipinski definition) is 1. The lowest BCUT2D eigenvalue weighted by molar-refractivity contribution is 0.135. The fourth-order valence-electron chi connectivity index (χ4n) is 2.91. The van der Waals surface area contributed by atoms with Crippen LogP contribution in [-0.2, 0) is 17.6 Å². The van der Waals surface area contributed by atoms with Crippen molar-refractivity contribution in [3.63, 3.8) is 0 Å². The highest BCUT2D eigenvalue weighted by molar-refractivity contribution is 5.55. The van der Waals surface area contributed by atoms with Gasteiger partial charge in [-0.15, -0.1) is 0 Å².